The zero-order valence-corrected chi connectivity index (χ0v) is 11.4. The number of carbonyl (C=O) groups is 1. The molecule has 6 nitrogen and oxygen atoms in total. The van der Waals surface area contributed by atoms with Gasteiger partial charge in [-0.05, 0) is 24.6 Å². The zero-order valence-electron chi connectivity index (χ0n) is 11.4. The van der Waals surface area contributed by atoms with Crippen molar-refractivity contribution in [3.8, 4) is 22.8 Å². The van der Waals surface area contributed by atoms with E-state index in [9.17, 15) is 9.90 Å². The number of rotatable bonds is 4. The first-order valence-corrected chi connectivity index (χ1v) is 5.85. The Bertz CT molecular complexity index is 656. The summed E-state index contributed by atoms with van der Waals surface area (Å²) in [7, 11) is 3.06. The van der Waals surface area contributed by atoms with Crippen LogP contribution in [0, 0.1) is 6.92 Å². The zero-order chi connectivity index (χ0) is 14.7. The van der Waals surface area contributed by atoms with Crippen LogP contribution >= 0.6 is 0 Å². The van der Waals surface area contributed by atoms with E-state index in [0.29, 0.717) is 22.8 Å². The maximum absolute atomic E-state index is 11.2. The molecule has 0 radical (unpaired) electrons. The number of aryl methyl sites for hydroxylation is 1. The van der Waals surface area contributed by atoms with Crippen LogP contribution in [0.3, 0.4) is 0 Å². The molecule has 0 aliphatic carbocycles. The normalized spacial score (nSPS) is 10.2. The van der Waals surface area contributed by atoms with Crippen LogP contribution in [0.4, 0.5) is 0 Å². The molecule has 2 aromatic rings. The number of benzene rings is 1. The van der Waals surface area contributed by atoms with Gasteiger partial charge in [0.1, 0.15) is 5.69 Å². The van der Waals surface area contributed by atoms with Gasteiger partial charge < -0.3 is 14.6 Å². The van der Waals surface area contributed by atoms with Crippen LogP contribution in [0.2, 0.25) is 0 Å². The van der Waals surface area contributed by atoms with Gasteiger partial charge in [0.25, 0.3) is 0 Å². The van der Waals surface area contributed by atoms with E-state index in [-0.39, 0.29) is 5.69 Å². The molecule has 1 aromatic heterocycles. The highest BCUT2D eigenvalue weighted by Gasteiger charge is 2.18. The molecule has 6 heteroatoms. The molecule has 0 saturated heterocycles. The molecule has 104 valence electrons. The van der Waals surface area contributed by atoms with Crippen molar-refractivity contribution >= 4 is 5.97 Å². The van der Waals surface area contributed by atoms with Crippen LogP contribution in [-0.2, 0) is 0 Å². The van der Waals surface area contributed by atoms with Crippen LogP contribution in [0.5, 0.6) is 11.5 Å². The molecular weight excluding hydrogens is 260 g/mol. The van der Waals surface area contributed by atoms with Crippen molar-refractivity contribution in [3.05, 3.63) is 35.8 Å². The number of carboxylic acid groups (broad SMARTS) is 1. The summed E-state index contributed by atoms with van der Waals surface area (Å²) >= 11 is 0. The maximum atomic E-state index is 11.2. The van der Waals surface area contributed by atoms with E-state index in [1.54, 1.807) is 19.2 Å². The molecule has 20 heavy (non-hydrogen) atoms. The van der Waals surface area contributed by atoms with Gasteiger partial charge in [-0.1, -0.05) is 0 Å². The van der Waals surface area contributed by atoms with Crippen molar-refractivity contribution in [2.45, 2.75) is 6.92 Å². The van der Waals surface area contributed by atoms with Gasteiger partial charge >= 0.3 is 5.97 Å². The molecule has 1 aromatic carbocycles. The van der Waals surface area contributed by atoms with E-state index in [4.69, 9.17) is 9.47 Å². The summed E-state index contributed by atoms with van der Waals surface area (Å²) < 4.78 is 10.4. The molecule has 0 atom stereocenters. The van der Waals surface area contributed by atoms with Crippen LogP contribution < -0.4 is 9.47 Å². The minimum absolute atomic E-state index is 0.0946. The molecule has 0 bridgehead atoms. The quantitative estimate of drug-likeness (QED) is 0.920. The summed E-state index contributed by atoms with van der Waals surface area (Å²) in [5.74, 6) is -0.0353. The molecular formula is C14H14N2O4. The van der Waals surface area contributed by atoms with E-state index >= 15 is 0 Å². The van der Waals surface area contributed by atoms with Gasteiger partial charge in [-0.15, -0.1) is 0 Å². The maximum Gasteiger partial charge on any atom is 0.356 e. The van der Waals surface area contributed by atoms with Gasteiger partial charge in [0.05, 0.1) is 14.2 Å². The van der Waals surface area contributed by atoms with Gasteiger partial charge in [0.2, 0.25) is 0 Å². The first-order chi connectivity index (χ1) is 9.58. The second-order valence-corrected chi connectivity index (χ2v) is 4.08. The highest BCUT2D eigenvalue weighted by molar-refractivity contribution is 5.93. The third-order valence-electron chi connectivity index (χ3n) is 2.89. The van der Waals surface area contributed by atoms with Crippen LogP contribution in [0.15, 0.2) is 24.5 Å². The van der Waals surface area contributed by atoms with E-state index < -0.39 is 5.97 Å². The summed E-state index contributed by atoms with van der Waals surface area (Å²) in [4.78, 5) is 19.2. The lowest BCUT2D eigenvalue weighted by Crippen LogP contribution is -2.05. The van der Waals surface area contributed by atoms with Crippen LogP contribution in [-0.4, -0.2) is 35.3 Å². The highest BCUT2D eigenvalue weighted by atomic mass is 16.5. The summed E-state index contributed by atoms with van der Waals surface area (Å²) in [6.45, 7) is 1.84. The predicted molar refractivity (Wildman–Crippen MR) is 72.3 cm³/mol. The Labute approximate surface area is 116 Å². The lowest BCUT2D eigenvalue weighted by Gasteiger charge is -2.13. The number of hydrogen-bond acceptors (Lipinski definition) is 5. The smallest absolute Gasteiger partial charge is 0.356 e. The second kappa shape index (κ2) is 5.56. The molecule has 0 saturated carbocycles. The number of aromatic carboxylic acids is 1. The molecule has 0 aliphatic heterocycles. The van der Waals surface area contributed by atoms with Gasteiger partial charge in [0.15, 0.2) is 17.2 Å². The lowest BCUT2D eigenvalue weighted by molar-refractivity contribution is 0.0691. The van der Waals surface area contributed by atoms with E-state index in [1.807, 2.05) is 6.92 Å². The Morgan fingerprint density at radius 2 is 1.70 bits per heavy atom. The van der Waals surface area contributed by atoms with Crippen molar-refractivity contribution in [2.24, 2.45) is 0 Å². The van der Waals surface area contributed by atoms with Gasteiger partial charge in [-0.2, -0.15) is 0 Å². The van der Waals surface area contributed by atoms with E-state index in [2.05, 4.69) is 9.97 Å². The fraction of sp³-hybridized carbons (Fsp3) is 0.214. The molecule has 0 fully saturated rings. The Kier molecular flexibility index (Phi) is 3.84. The second-order valence-electron chi connectivity index (χ2n) is 4.08. The van der Waals surface area contributed by atoms with E-state index in [0.717, 1.165) is 5.56 Å². The number of ether oxygens (including phenoxy) is 2. The molecule has 0 amide bonds. The van der Waals surface area contributed by atoms with Crippen molar-refractivity contribution in [3.63, 3.8) is 0 Å². The Balaban J connectivity index is 2.67. The molecule has 1 N–H and O–H groups in total. The van der Waals surface area contributed by atoms with Gasteiger partial charge in [0, 0.05) is 18.0 Å². The minimum atomic E-state index is -1.12. The number of carboxylic acids is 1. The number of methoxy groups -OCH3 is 2. The predicted octanol–water partition coefficient (Wildman–Crippen LogP) is 2.17. The van der Waals surface area contributed by atoms with Crippen molar-refractivity contribution in [1.29, 1.82) is 0 Å². The molecule has 0 aliphatic rings. The summed E-state index contributed by atoms with van der Waals surface area (Å²) in [6, 6.07) is 3.47. The number of hydrogen-bond donors (Lipinski definition) is 1. The summed E-state index contributed by atoms with van der Waals surface area (Å²) in [5.41, 5.74) is 1.68. The average molecular weight is 274 g/mol. The van der Waals surface area contributed by atoms with Crippen LogP contribution in [0.1, 0.15) is 16.1 Å². The topological polar surface area (TPSA) is 81.5 Å². The first-order valence-electron chi connectivity index (χ1n) is 5.85. The molecule has 0 spiro atoms. The average Bonchev–Trinajstić information content (AvgIpc) is 2.46. The van der Waals surface area contributed by atoms with E-state index in [1.165, 1.54) is 19.5 Å². The summed E-state index contributed by atoms with van der Waals surface area (Å²) in [5, 5.41) is 9.19. The Hall–Kier alpha value is -2.63. The first kappa shape index (κ1) is 13.8. The standard InChI is InChI=1S/C14H14N2O4/c1-8-6-10(19-2)11(20-3)7-9(8)12-13(14(17)18)16-5-4-15-12/h4-7H,1-3H3,(H,17,18). The fourth-order valence-corrected chi connectivity index (χ4v) is 1.93. The van der Waals surface area contributed by atoms with Gasteiger partial charge in [-0.3, -0.25) is 4.98 Å². The molecule has 2 rings (SSSR count). The number of nitrogens with zero attached hydrogens (tertiary/aromatic N) is 2. The summed E-state index contributed by atoms with van der Waals surface area (Å²) in [6.07, 6.45) is 2.81. The minimum Gasteiger partial charge on any atom is -0.493 e. The largest absolute Gasteiger partial charge is 0.493 e. The van der Waals surface area contributed by atoms with Crippen molar-refractivity contribution < 1.29 is 19.4 Å². The third kappa shape index (κ3) is 2.40. The third-order valence-corrected chi connectivity index (χ3v) is 2.89. The van der Waals surface area contributed by atoms with Gasteiger partial charge in [-0.25, -0.2) is 9.78 Å². The lowest BCUT2D eigenvalue weighted by atomic mass is 10.0. The van der Waals surface area contributed by atoms with Crippen molar-refractivity contribution in [2.75, 3.05) is 14.2 Å². The number of aromatic nitrogens is 2. The Morgan fingerprint density at radius 1 is 1.10 bits per heavy atom. The highest BCUT2D eigenvalue weighted by Crippen LogP contribution is 2.35. The molecule has 0 unspecified atom stereocenters. The van der Waals surface area contributed by atoms with Crippen LogP contribution in [0.25, 0.3) is 11.3 Å². The van der Waals surface area contributed by atoms with Crippen molar-refractivity contribution in [1.82, 2.24) is 9.97 Å². The Morgan fingerprint density at radius 3 is 2.30 bits per heavy atom. The molecule has 1 heterocycles. The fourth-order valence-electron chi connectivity index (χ4n) is 1.93. The SMILES string of the molecule is COc1cc(C)c(-c2nccnc2C(=O)O)cc1OC. The monoisotopic (exact) mass is 274 g/mol.